The van der Waals surface area contributed by atoms with Crippen molar-refractivity contribution in [1.82, 2.24) is 0 Å². The largest absolute Gasteiger partial charge is 0.490 e. The fourth-order valence-electron chi connectivity index (χ4n) is 1.72. The van der Waals surface area contributed by atoms with Crippen molar-refractivity contribution in [3.63, 3.8) is 0 Å². The molecule has 5 nitrogen and oxygen atoms in total. The summed E-state index contributed by atoms with van der Waals surface area (Å²) in [6.07, 6.45) is 3.08. The lowest BCUT2D eigenvalue weighted by Gasteiger charge is -2.07. The van der Waals surface area contributed by atoms with Crippen LogP contribution in [0.1, 0.15) is 39.0 Å². The Bertz CT molecular complexity index is 430. The molecule has 1 aromatic rings. The molecule has 0 spiro atoms. The fraction of sp³-hybridized carbons (Fsp3) is 0.529. The summed E-state index contributed by atoms with van der Waals surface area (Å²) in [5.41, 5.74) is 0. The van der Waals surface area contributed by atoms with E-state index in [1.807, 2.05) is 30.3 Å². The van der Waals surface area contributed by atoms with Crippen LogP contribution in [0.5, 0.6) is 5.75 Å². The summed E-state index contributed by atoms with van der Waals surface area (Å²) in [5, 5.41) is 0. The van der Waals surface area contributed by atoms with Crippen LogP contribution >= 0.6 is 0 Å². The van der Waals surface area contributed by atoms with Crippen LogP contribution in [0.3, 0.4) is 0 Å². The Morgan fingerprint density at radius 1 is 0.864 bits per heavy atom. The molecule has 0 atom stereocenters. The van der Waals surface area contributed by atoms with E-state index in [4.69, 9.17) is 14.2 Å². The molecular formula is C17H24O5. The van der Waals surface area contributed by atoms with Gasteiger partial charge in [0, 0.05) is 0 Å². The maximum atomic E-state index is 11.4. The third kappa shape index (κ3) is 9.00. The highest BCUT2D eigenvalue weighted by Gasteiger charge is 2.09. The van der Waals surface area contributed by atoms with Gasteiger partial charge >= 0.3 is 11.9 Å². The van der Waals surface area contributed by atoms with E-state index in [2.05, 4.69) is 6.92 Å². The smallest absolute Gasteiger partial charge is 0.306 e. The van der Waals surface area contributed by atoms with Gasteiger partial charge in [-0.3, -0.25) is 9.59 Å². The summed E-state index contributed by atoms with van der Waals surface area (Å²) in [5.74, 6) is -0.0371. The number of carbonyl (C=O) groups is 2. The van der Waals surface area contributed by atoms with Crippen LogP contribution in [0.15, 0.2) is 30.3 Å². The van der Waals surface area contributed by atoms with Gasteiger partial charge in [0.2, 0.25) is 0 Å². The number of rotatable bonds is 11. The Hall–Kier alpha value is -2.04. The average molecular weight is 308 g/mol. The number of benzene rings is 1. The second-order valence-corrected chi connectivity index (χ2v) is 4.81. The molecule has 0 fully saturated rings. The maximum Gasteiger partial charge on any atom is 0.306 e. The molecule has 122 valence electrons. The summed E-state index contributed by atoms with van der Waals surface area (Å²) < 4.78 is 15.4. The minimum Gasteiger partial charge on any atom is -0.490 e. The van der Waals surface area contributed by atoms with Crippen LogP contribution in [0, 0.1) is 0 Å². The van der Waals surface area contributed by atoms with Gasteiger partial charge in [-0.2, -0.15) is 0 Å². The predicted molar refractivity (Wildman–Crippen MR) is 82.6 cm³/mol. The molecule has 0 N–H and O–H groups in total. The minimum absolute atomic E-state index is 0.0396. The highest BCUT2D eigenvalue weighted by Crippen LogP contribution is 2.07. The number of ether oxygens (including phenoxy) is 3. The maximum absolute atomic E-state index is 11.4. The van der Waals surface area contributed by atoms with Crippen LogP contribution < -0.4 is 4.74 Å². The quantitative estimate of drug-likeness (QED) is 0.464. The van der Waals surface area contributed by atoms with Crippen molar-refractivity contribution < 1.29 is 23.8 Å². The lowest BCUT2D eigenvalue weighted by atomic mass is 10.3. The zero-order chi connectivity index (χ0) is 16.0. The normalized spacial score (nSPS) is 10.0. The van der Waals surface area contributed by atoms with Crippen molar-refractivity contribution in [3.8, 4) is 5.75 Å². The van der Waals surface area contributed by atoms with Crippen LogP contribution in [0.4, 0.5) is 0 Å². The van der Waals surface area contributed by atoms with E-state index in [0.29, 0.717) is 6.61 Å². The number of unbranched alkanes of at least 4 members (excludes halogenated alkanes) is 2. The van der Waals surface area contributed by atoms with Crippen molar-refractivity contribution in [1.29, 1.82) is 0 Å². The zero-order valence-electron chi connectivity index (χ0n) is 13.1. The van der Waals surface area contributed by atoms with Crippen LogP contribution in [0.2, 0.25) is 0 Å². The SMILES string of the molecule is CCCCCOC(=O)CCC(=O)OCCOc1ccccc1. The number of hydrogen-bond acceptors (Lipinski definition) is 5. The molecule has 1 rings (SSSR count). The van der Waals surface area contributed by atoms with Gasteiger partial charge < -0.3 is 14.2 Å². The highest BCUT2D eigenvalue weighted by atomic mass is 16.6. The molecule has 0 saturated carbocycles. The Labute approximate surface area is 131 Å². The molecule has 0 heterocycles. The molecule has 22 heavy (non-hydrogen) atoms. The number of hydrogen-bond donors (Lipinski definition) is 0. The van der Waals surface area contributed by atoms with Gasteiger partial charge in [0.1, 0.15) is 19.0 Å². The summed E-state index contributed by atoms with van der Waals surface area (Å²) in [7, 11) is 0. The molecular weight excluding hydrogens is 284 g/mol. The lowest BCUT2D eigenvalue weighted by Crippen LogP contribution is -2.14. The first-order valence-electron chi connectivity index (χ1n) is 7.71. The minimum atomic E-state index is -0.415. The highest BCUT2D eigenvalue weighted by molar-refractivity contribution is 5.77. The van der Waals surface area contributed by atoms with Crippen LogP contribution in [0.25, 0.3) is 0 Å². The Morgan fingerprint density at radius 3 is 2.14 bits per heavy atom. The topological polar surface area (TPSA) is 61.8 Å². The summed E-state index contributed by atoms with van der Waals surface area (Å²) in [6.45, 7) is 2.96. The van der Waals surface area contributed by atoms with E-state index in [9.17, 15) is 9.59 Å². The van der Waals surface area contributed by atoms with Gasteiger partial charge in [-0.1, -0.05) is 38.0 Å². The second-order valence-electron chi connectivity index (χ2n) is 4.81. The molecule has 0 unspecified atom stereocenters. The monoisotopic (exact) mass is 308 g/mol. The Kier molecular flexibility index (Phi) is 9.50. The Morgan fingerprint density at radius 2 is 1.50 bits per heavy atom. The van der Waals surface area contributed by atoms with Crippen molar-refractivity contribution in [2.75, 3.05) is 19.8 Å². The van der Waals surface area contributed by atoms with E-state index >= 15 is 0 Å². The first-order chi connectivity index (χ1) is 10.7. The summed E-state index contributed by atoms with van der Waals surface area (Å²) in [6, 6.07) is 9.29. The van der Waals surface area contributed by atoms with Gasteiger partial charge in [-0.05, 0) is 18.6 Å². The van der Waals surface area contributed by atoms with E-state index < -0.39 is 5.97 Å². The van der Waals surface area contributed by atoms with Gasteiger partial charge in [-0.25, -0.2) is 0 Å². The molecule has 0 aliphatic carbocycles. The van der Waals surface area contributed by atoms with Gasteiger partial charge in [-0.15, -0.1) is 0 Å². The zero-order valence-corrected chi connectivity index (χ0v) is 13.1. The second kappa shape index (κ2) is 11.6. The molecule has 0 aliphatic rings. The van der Waals surface area contributed by atoms with E-state index in [1.54, 1.807) is 0 Å². The molecule has 0 saturated heterocycles. The Balaban J connectivity index is 2.00. The van der Waals surface area contributed by atoms with Gasteiger partial charge in [0.05, 0.1) is 19.4 Å². The summed E-state index contributed by atoms with van der Waals surface area (Å²) >= 11 is 0. The number of carbonyl (C=O) groups excluding carboxylic acids is 2. The molecule has 1 aromatic carbocycles. The van der Waals surface area contributed by atoms with Crippen molar-refractivity contribution >= 4 is 11.9 Å². The molecule has 0 aliphatic heterocycles. The lowest BCUT2D eigenvalue weighted by molar-refractivity contribution is -0.150. The first-order valence-corrected chi connectivity index (χ1v) is 7.71. The summed E-state index contributed by atoms with van der Waals surface area (Å²) in [4.78, 5) is 22.8. The molecule has 0 aromatic heterocycles. The fourth-order valence-corrected chi connectivity index (χ4v) is 1.72. The third-order valence-corrected chi connectivity index (χ3v) is 2.90. The van der Waals surface area contributed by atoms with Crippen LogP contribution in [-0.2, 0) is 19.1 Å². The molecule has 0 radical (unpaired) electrons. The van der Waals surface area contributed by atoms with E-state index in [0.717, 1.165) is 25.0 Å². The molecule has 0 bridgehead atoms. The molecule has 0 amide bonds. The average Bonchev–Trinajstić information content (AvgIpc) is 2.55. The number of esters is 2. The van der Waals surface area contributed by atoms with Gasteiger partial charge in [0.15, 0.2) is 0 Å². The number of para-hydroxylation sites is 1. The standard InChI is InChI=1S/C17H24O5/c1-2-3-7-12-21-16(18)10-11-17(19)22-14-13-20-15-8-5-4-6-9-15/h4-6,8-9H,2-3,7,10-14H2,1H3. The van der Waals surface area contributed by atoms with Crippen molar-refractivity contribution in [2.45, 2.75) is 39.0 Å². The van der Waals surface area contributed by atoms with Crippen molar-refractivity contribution in [2.24, 2.45) is 0 Å². The van der Waals surface area contributed by atoms with E-state index in [1.165, 1.54) is 0 Å². The molecule has 5 heteroatoms. The third-order valence-electron chi connectivity index (χ3n) is 2.90. The van der Waals surface area contributed by atoms with Crippen molar-refractivity contribution in [3.05, 3.63) is 30.3 Å². The van der Waals surface area contributed by atoms with Crippen LogP contribution in [-0.4, -0.2) is 31.8 Å². The van der Waals surface area contributed by atoms with Gasteiger partial charge in [0.25, 0.3) is 0 Å². The first kappa shape index (κ1) is 18.0. The van der Waals surface area contributed by atoms with E-state index in [-0.39, 0.29) is 32.0 Å². The predicted octanol–water partition coefficient (Wildman–Crippen LogP) is 3.12.